The normalized spacial score (nSPS) is 11.3. The van der Waals surface area contributed by atoms with Gasteiger partial charge in [0.15, 0.2) is 0 Å². The molecule has 1 rings (SSSR count). The highest BCUT2D eigenvalue weighted by Gasteiger charge is 2.36. The topological polar surface area (TPSA) is 39.2 Å². The Hall–Kier alpha value is -1.66. The number of esters is 1. The number of hydrogen-bond donors (Lipinski definition) is 0. The van der Waals surface area contributed by atoms with Crippen molar-refractivity contribution in [3.8, 4) is 0 Å². The Kier molecular flexibility index (Phi) is 3.46. The number of aromatic nitrogens is 1. The molecule has 0 bridgehead atoms. The summed E-state index contributed by atoms with van der Waals surface area (Å²) in [7, 11) is 0. The van der Waals surface area contributed by atoms with Crippen molar-refractivity contribution in [1.29, 1.82) is 0 Å². The first kappa shape index (κ1) is 12.4. The Bertz CT molecular complexity index is 403. The number of rotatable bonds is 2. The molecule has 88 valence electrons. The smallest absolute Gasteiger partial charge is 0.418 e. The van der Waals surface area contributed by atoms with Crippen molar-refractivity contribution >= 4 is 5.97 Å². The standard InChI is InChI=1S/C9H7F4NO2/c1-2-16-8(15)5-3-7(10)14-4-6(5)9(11,12)13/h3-4H,2H2,1H3. The van der Waals surface area contributed by atoms with Crippen molar-refractivity contribution in [3.63, 3.8) is 0 Å². The van der Waals surface area contributed by atoms with Crippen LogP contribution in [0.25, 0.3) is 0 Å². The molecule has 1 aromatic rings. The van der Waals surface area contributed by atoms with Gasteiger partial charge in [-0.15, -0.1) is 0 Å². The molecule has 7 heteroatoms. The predicted molar refractivity (Wildman–Crippen MR) is 45.2 cm³/mol. The monoisotopic (exact) mass is 237 g/mol. The summed E-state index contributed by atoms with van der Waals surface area (Å²) in [5.74, 6) is -2.40. The Morgan fingerprint density at radius 1 is 1.50 bits per heavy atom. The molecular weight excluding hydrogens is 230 g/mol. The van der Waals surface area contributed by atoms with Crippen LogP contribution in [0, 0.1) is 5.95 Å². The summed E-state index contributed by atoms with van der Waals surface area (Å²) in [6, 6.07) is 0.404. The third-order valence-corrected chi connectivity index (χ3v) is 1.67. The Balaban J connectivity index is 3.24. The van der Waals surface area contributed by atoms with Crippen LogP contribution >= 0.6 is 0 Å². The number of carbonyl (C=O) groups is 1. The molecule has 0 fully saturated rings. The number of halogens is 4. The fraction of sp³-hybridized carbons (Fsp3) is 0.333. The molecule has 16 heavy (non-hydrogen) atoms. The molecule has 1 aromatic heterocycles. The zero-order valence-electron chi connectivity index (χ0n) is 8.14. The third-order valence-electron chi connectivity index (χ3n) is 1.67. The van der Waals surface area contributed by atoms with Crippen LogP contribution in [0.4, 0.5) is 17.6 Å². The number of carbonyl (C=O) groups excluding carboxylic acids is 1. The maximum Gasteiger partial charge on any atom is 0.418 e. The molecule has 1 heterocycles. The van der Waals surface area contributed by atoms with Crippen molar-refractivity contribution < 1.29 is 27.1 Å². The zero-order valence-corrected chi connectivity index (χ0v) is 8.14. The molecule has 0 saturated carbocycles. The summed E-state index contributed by atoms with van der Waals surface area (Å²) < 4.78 is 54.3. The van der Waals surface area contributed by atoms with E-state index < -0.39 is 29.2 Å². The summed E-state index contributed by atoms with van der Waals surface area (Å²) >= 11 is 0. The van der Waals surface area contributed by atoms with E-state index in [2.05, 4.69) is 9.72 Å². The Morgan fingerprint density at radius 3 is 2.62 bits per heavy atom. The Labute approximate surface area is 88.0 Å². The highest BCUT2D eigenvalue weighted by molar-refractivity contribution is 5.91. The van der Waals surface area contributed by atoms with Gasteiger partial charge in [-0.1, -0.05) is 0 Å². The lowest BCUT2D eigenvalue weighted by atomic mass is 10.1. The van der Waals surface area contributed by atoms with E-state index in [4.69, 9.17) is 0 Å². The molecule has 0 saturated heterocycles. The molecule has 0 atom stereocenters. The van der Waals surface area contributed by atoms with Crippen LogP contribution < -0.4 is 0 Å². The van der Waals surface area contributed by atoms with Gasteiger partial charge >= 0.3 is 12.1 Å². The van der Waals surface area contributed by atoms with Gasteiger partial charge in [0, 0.05) is 12.3 Å². The summed E-state index contributed by atoms with van der Waals surface area (Å²) in [4.78, 5) is 14.0. The minimum atomic E-state index is -4.78. The van der Waals surface area contributed by atoms with Crippen LogP contribution in [0.3, 0.4) is 0 Å². The molecule has 0 spiro atoms. The molecule has 0 unspecified atom stereocenters. The van der Waals surface area contributed by atoms with Gasteiger partial charge in [-0.3, -0.25) is 0 Å². The molecule has 0 aliphatic carbocycles. The minimum absolute atomic E-state index is 0.0972. The van der Waals surface area contributed by atoms with Gasteiger partial charge in [0.1, 0.15) is 0 Å². The lowest BCUT2D eigenvalue weighted by molar-refractivity contribution is -0.138. The molecular formula is C9H7F4NO2. The number of nitrogens with zero attached hydrogens (tertiary/aromatic N) is 1. The van der Waals surface area contributed by atoms with Crippen LogP contribution in [0.5, 0.6) is 0 Å². The summed E-state index contributed by atoms with van der Waals surface area (Å²) in [6.07, 6.45) is -4.51. The zero-order chi connectivity index (χ0) is 12.3. The van der Waals surface area contributed by atoms with Gasteiger partial charge in [-0.05, 0) is 6.92 Å². The van der Waals surface area contributed by atoms with Crippen LogP contribution in [0.15, 0.2) is 12.3 Å². The molecule has 0 aliphatic heterocycles. The summed E-state index contributed by atoms with van der Waals surface area (Å²) in [5, 5.41) is 0. The first-order chi connectivity index (χ1) is 7.36. The predicted octanol–water partition coefficient (Wildman–Crippen LogP) is 2.42. The van der Waals surface area contributed by atoms with E-state index in [-0.39, 0.29) is 12.8 Å². The summed E-state index contributed by atoms with van der Waals surface area (Å²) in [5.41, 5.74) is -2.19. The van der Waals surface area contributed by atoms with Gasteiger partial charge < -0.3 is 4.74 Å². The second-order valence-corrected chi connectivity index (χ2v) is 2.77. The summed E-state index contributed by atoms with van der Waals surface area (Å²) in [6.45, 7) is 1.34. The number of hydrogen-bond acceptors (Lipinski definition) is 3. The van der Waals surface area contributed by atoms with Crippen LogP contribution in [-0.4, -0.2) is 17.6 Å². The van der Waals surface area contributed by atoms with Gasteiger partial charge in [0.25, 0.3) is 0 Å². The maximum absolute atomic E-state index is 12.6. The molecule has 0 aliphatic rings. The highest BCUT2D eigenvalue weighted by Crippen LogP contribution is 2.31. The maximum atomic E-state index is 12.6. The van der Waals surface area contributed by atoms with Gasteiger partial charge in [0.05, 0.1) is 17.7 Å². The van der Waals surface area contributed by atoms with E-state index in [0.717, 1.165) is 0 Å². The molecule has 0 amide bonds. The molecule has 0 radical (unpaired) electrons. The second-order valence-electron chi connectivity index (χ2n) is 2.77. The van der Waals surface area contributed by atoms with Gasteiger partial charge in [-0.2, -0.15) is 17.6 Å². The fourth-order valence-electron chi connectivity index (χ4n) is 1.03. The van der Waals surface area contributed by atoms with E-state index in [9.17, 15) is 22.4 Å². The largest absolute Gasteiger partial charge is 0.462 e. The van der Waals surface area contributed by atoms with Crippen LogP contribution in [-0.2, 0) is 10.9 Å². The van der Waals surface area contributed by atoms with Crippen LogP contribution in [0.1, 0.15) is 22.8 Å². The Morgan fingerprint density at radius 2 is 2.12 bits per heavy atom. The molecule has 0 aromatic carbocycles. The van der Waals surface area contributed by atoms with Gasteiger partial charge in [-0.25, -0.2) is 9.78 Å². The van der Waals surface area contributed by atoms with Gasteiger partial charge in [0.2, 0.25) is 5.95 Å². The first-order valence-electron chi connectivity index (χ1n) is 4.26. The second kappa shape index (κ2) is 4.46. The lowest BCUT2D eigenvalue weighted by Gasteiger charge is -2.10. The average molecular weight is 237 g/mol. The minimum Gasteiger partial charge on any atom is -0.462 e. The fourth-order valence-corrected chi connectivity index (χ4v) is 1.03. The lowest BCUT2D eigenvalue weighted by Crippen LogP contribution is -2.16. The van der Waals surface area contributed by atoms with Crippen molar-refractivity contribution in [2.24, 2.45) is 0 Å². The van der Waals surface area contributed by atoms with E-state index in [1.54, 1.807) is 0 Å². The van der Waals surface area contributed by atoms with E-state index in [1.807, 2.05) is 0 Å². The van der Waals surface area contributed by atoms with Crippen molar-refractivity contribution in [2.75, 3.05) is 6.61 Å². The third kappa shape index (κ3) is 2.68. The number of ether oxygens (including phenoxy) is 1. The van der Waals surface area contributed by atoms with Crippen molar-refractivity contribution in [3.05, 3.63) is 29.3 Å². The molecule has 3 nitrogen and oxygen atoms in total. The van der Waals surface area contributed by atoms with E-state index >= 15 is 0 Å². The van der Waals surface area contributed by atoms with E-state index in [1.165, 1.54) is 6.92 Å². The van der Waals surface area contributed by atoms with Crippen LogP contribution in [0.2, 0.25) is 0 Å². The van der Waals surface area contributed by atoms with Crippen molar-refractivity contribution in [1.82, 2.24) is 4.98 Å². The SMILES string of the molecule is CCOC(=O)c1cc(F)ncc1C(F)(F)F. The number of alkyl halides is 3. The van der Waals surface area contributed by atoms with E-state index in [0.29, 0.717) is 6.07 Å². The quantitative estimate of drug-likeness (QED) is 0.450. The number of pyridine rings is 1. The highest BCUT2D eigenvalue weighted by atomic mass is 19.4. The molecule has 0 N–H and O–H groups in total. The first-order valence-corrected chi connectivity index (χ1v) is 4.26. The van der Waals surface area contributed by atoms with Crippen molar-refractivity contribution in [2.45, 2.75) is 13.1 Å². The average Bonchev–Trinajstić information content (AvgIpc) is 2.16.